The van der Waals surface area contributed by atoms with Crippen LogP contribution in [0.3, 0.4) is 0 Å². The van der Waals surface area contributed by atoms with Crippen molar-refractivity contribution in [1.29, 1.82) is 0 Å². The first-order valence-corrected chi connectivity index (χ1v) is 14.4. The van der Waals surface area contributed by atoms with Crippen molar-refractivity contribution in [1.82, 2.24) is 19.8 Å². The Balaban J connectivity index is 1.10. The molecule has 10 heteroatoms. The molecular formula is C26H35N5O4S. The van der Waals surface area contributed by atoms with Gasteiger partial charge in [0, 0.05) is 50.2 Å². The quantitative estimate of drug-likeness (QED) is 0.582. The van der Waals surface area contributed by atoms with Crippen molar-refractivity contribution in [2.45, 2.75) is 63.2 Å². The Morgan fingerprint density at radius 1 is 1.06 bits per heavy atom. The monoisotopic (exact) mass is 513 g/mol. The second kappa shape index (κ2) is 9.63. The van der Waals surface area contributed by atoms with Crippen LogP contribution in [-0.4, -0.2) is 84.4 Å². The fraction of sp³-hybridized carbons (Fsp3) is 0.577. The van der Waals surface area contributed by atoms with Crippen molar-refractivity contribution in [3.63, 3.8) is 0 Å². The zero-order valence-electron chi connectivity index (χ0n) is 21.2. The first-order valence-electron chi connectivity index (χ1n) is 12.7. The van der Waals surface area contributed by atoms with Gasteiger partial charge in [0.15, 0.2) is 9.84 Å². The Morgan fingerprint density at radius 2 is 1.72 bits per heavy atom. The van der Waals surface area contributed by atoms with Crippen molar-refractivity contribution in [3.8, 4) is 0 Å². The van der Waals surface area contributed by atoms with E-state index in [1.54, 1.807) is 11.8 Å². The second-order valence-electron chi connectivity index (χ2n) is 10.7. The number of likely N-dealkylation sites (tertiary alicyclic amines) is 1. The molecule has 9 nitrogen and oxygen atoms in total. The Hall–Kier alpha value is -2.72. The highest BCUT2D eigenvalue weighted by atomic mass is 32.2. The molecule has 1 spiro atoms. The Morgan fingerprint density at radius 3 is 2.36 bits per heavy atom. The number of piperazine rings is 1. The van der Waals surface area contributed by atoms with E-state index >= 15 is 0 Å². The van der Waals surface area contributed by atoms with Crippen molar-refractivity contribution >= 4 is 21.9 Å². The molecule has 1 aromatic heterocycles. The first kappa shape index (κ1) is 25.0. The van der Waals surface area contributed by atoms with E-state index in [9.17, 15) is 13.2 Å². The summed E-state index contributed by atoms with van der Waals surface area (Å²) in [6, 6.07) is 10.4. The van der Waals surface area contributed by atoms with Gasteiger partial charge in [-0.1, -0.05) is 37.3 Å². The highest BCUT2D eigenvalue weighted by Gasteiger charge is 2.54. The van der Waals surface area contributed by atoms with Crippen LogP contribution in [-0.2, 0) is 21.1 Å². The van der Waals surface area contributed by atoms with Gasteiger partial charge in [0.2, 0.25) is 5.95 Å². The first-order chi connectivity index (χ1) is 17.2. The largest absolute Gasteiger partial charge is 0.446 e. The minimum atomic E-state index is -3.34. The molecule has 2 aromatic rings. The standard InChI is InChI=1S/C26H35N5O4S/c1-4-36(33,34)23-12-27-24(28-13-23)30-14-20(3)31(15-19(30)2)25(32)35-22-10-26(11-22)17-29(18-26)16-21-8-6-5-7-9-21/h5-9,12-13,19-20,22H,4,10-11,14-18H2,1-3H3/t19-,20+/m0/s1. The number of rotatable bonds is 6. The van der Waals surface area contributed by atoms with Crippen LogP contribution < -0.4 is 4.90 Å². The Bertz CT molecular complexity index is 1180. The molecule has 0 radical (unpaired) electrons. The third-order valence-corrected chi connectivity index (χ3v) is 9.48. The summed E-state index contributed by atoms with van der Waals surface area (Å²) in [7, 11) is -3.34. The van der Waals surface area contributed by atoms with E-state index in [2.05, 4.69) is 39.1 Å². The third-order valence-electron chi connectivity index (χ3n) is 7.79. The molecule has 1 saturated carbocycles. The number of nitrogens with zero attached hydrogens (tertiary/aromatic N) is 5. The number of amides is 1. The summed E-state index contributed by atoms with van der Waals surface area (Å²) in [5, 5.41) is 0. The number of anilines is 1. The summed E-state index contributed by atoms with van der Waals surface area (Å²) in [4.78, 5) is 28.0. The third kappa shape index (κ3) is 4.93. The molecule has 194 valence electrons. The van der Waals surface area contributed by atoms with Crippen LogP contribution in [0.15, 0.2) is 47.6 Å². The molecule has 0 bridgehead atoms. The highest BCUT2D eigenvalue weighted by Crippen LogP contribution is 2.50. The van der Waals surface area contributed by atoms with Crippen LogP contribution in [0.4, 0.5) is 10.7 Å². The van der Waals surface area contributed by atoms with Gasteiger partial charge in [0.1, 0.15) is 11.0 Å². The second-order valence-corrected chi connectivity index (χ2v) is 12.9. The van der Waals surface area contributed by atoms with Crippen LogP contribution in [0.1, 0.15) is 39.2 Å². The van der Waals surface area contributed by atoms with E-state index in [4.69, 9.17) is 4.74 Å². The topological polar surface area (TPSA) is 95.9 Å². The SMILES string of the molecule is CCS(=O)(=O)c1cnc(N2C[C@@H](C)N(C(=O)OC3CC4(C3)CN(Cc3ccccc3)C4)C[C@@H]2C)nc1. The molecule has 3 heterocycles. The molecule has 0 unspecified atom stereocenters. The predicted molar refractivity (Wildman–Crippen MR) is 136 cm³/mol. The van der Waals surface area contributed by atoms with Crippen LogP contribution in [0.2, 0.25) is 0 Å². The summed E-state index contributed by atoms with van der Waals surface area (Å²) < 4.78 is 30.0. The van der Waals surface area contributed by atoms with Crippen molar-refractivity contribution < 1.29 is 17.9 Å². The number of carbonyl (C=O) groups excluding carboxylic acids is 1. The number of benzene rings is 1. The number of hydrogen-bond donors (Lipinski definition) is 0. The molecule has 1 amide bonds. The zero-order chi connectivity index (χ0) is 25.5. The zero-order valence-corrected chi connectivity index (χ0v) is 22.0. The van der Waals surface area contributed by atoms with E-state index in [-0.39, 0.29) is 34.9 Å². The molecule has 3 fully saturated rings. The van der Waals surface area contributed by atoms with Crippen LogP contribution in [0.5, 0.6) is 0 Å². The van der Waals surface area contributed by atoms with E-state index in [0.29, 0.717) is 24.5 Å². The van der Waals surface area contributed by atoms with Gasteiger partial charge in [0.25, 0.3) is 0 Å². The molecular weight excluding hydrogens is 478 g/mol. The molecule has 36 heavy (non-hydrogen) atoms. The van der Waals surface area contributed by atoms with Gasteiger partial charge in [-0.05, 0) is 32.3 Å². The van der Waals surface area contributed by atoms with E-state index in [1.807, 2.05) is 24.8 Å². The number of carbonyl (C=O) groups is 1. The predicted octanol–water partition coefficient (Wildman–Crippen LogP) is 2.97. The summed E-state index contributed by atoms with van der Waals surface area (Å²) in [6.07, 6.45) is 4.36. The maximum atomic E-state index is 13.0. The summed E-state index contributed by atoms with van der Waals surface area (Å²) in [5.41, 5.74) is 1.65. The molecule has 2 aliphatic heterocycles. The summed E-state index contributed by atoms with van der Waals surface area (Å²) in [5.74, 6) is 0.487. The van der Waals surface area contributed by atoms with E-state index < -0.39 is 9.84 Å². The van der Waals surface area contributed by atoms with Crippen molar-refractivity contribution in [2.24, 2.45) is 5.41 Å². The van der Waals surface area contributed by atoms with Gasteiger partial charge in [-0.2, -0.15) is 0 Å². The number of aromatic nitrogens is 2. The summed E-state index contributed by atoms with van der Waals surface area (Å²) in [6.45, 7) is 9.78. The normalized spacial score (nSPS) is 24.3. The van der Waals surface area contributed by atoms with Crippen molar-refractivity contribution in [3.05, 3.63) is 48.3 Å². The lowest BCUT2D eigenvalue weighted by atomic mass is 9.61. The fourth-order valence-electron chi connectivity index (χ4n) is 5.76. The van der Waals surface area contributed by atoms with Crippen LogP contribution in [0, 0.1) is 5.41 Å². The van der Waals surface area contributed by atoms with E-state index in [0.717, 1.165) is 32.5 Å². The minimum Gasteiger partial charge on any atom is -0.446 e. The number of ether oxygens (including phenoxy) is 1. The number of sulfone groups is 1. The molecule has 3 aliphatic rings. The maximum absolute atomic E-state index is 13.0. The van der Waals surface area contributed by atoms with Gasteiger partial charge in [-0.3, -0.25) is 4.90 Å². The van der Waals surface area contributed by atoms with Crippen LogP contribution >= 0.6 is 0 Å². The van der Waals surface area contributed by atoms with Gasteiger partial charge in [-0.15, -0.1) is 0 Å². The van der Waals surface area contributed by atoms with Gasteiger partial charge in [0.05, 0.1) is 18.1 Å². The van der Waals surface area contributed by atoms with Gasteiger partial charge in [-0.25, -0.2) is 23.2 Å². The highest BCUT2D eigenvalue weighted by molar-refractivity contribution is 7.91. The summed E-state index contributed by atoms with van der Waals surface area (Å²) >= 11 is 0. The maximum Gasteiger partial charge on any atom is 0.410 e. The average Bonchev–Trinajstić information content (AvgIpc) is 2.83. The average molecular weight is 514 g/mol. The molecule has 0 N–H and O–H groups in total. The molecule has 1 aliphatic carbocycles. The number of hydrogen-bond acceptors (Lipinski definition) is 8. The van der Waals surface area contributed by atoms with E-state index in [1.165, 1.54) is 18.0 Å². The Labute approximate surface area is 213 Å². The lowest BCUT2D eigenvalue weighted by Crippen LogP contribution is -2.64. The lowest BCUT2D eigenvalue weighted by molar-refractivity contribution is -0.137. The molecule has 2 atom stereocenters. The minimum absolute atomic E-state index is 0.00620. The fourth-order valence-corrected chi connectivity index (χ4v) is 6.52. The van der Waals surface area contributed by atoms with Crippen LogP contribution in [0.25, 0.3) is 0 Å². The van der Waals surface area contributed by atoms with Gasteiger partial charge < -0.3 is 14.5 Å². The molecule has 2 saturated heterocycles. The molecule has 1 aromatic carbocycles. The molecule has 5 rings (SSSR count). The van der Waals surface area contributed by atoms with Crippen molar-refractivity contribution in [2.75, 3.05) is 36.8 Å². The lowest BCUT2D eigenvalue weighted by Gasteiger charge is -2.58. The Kier molecular flexibility index (Phi) is 6.67. The van der Waals surface area contributed by atoms with Gasteiger partial charge >= 0.3 is 6.09 Å². The smallest absolute Gasteiger partial charge is 0.410 e.